The van der Waals surface area contributed by atoms with Crippen molar-refractivity contribution in [2.75, 3.05) is 26.4 Å². The first-order chi connectivity index (χ1) is 32.5. The summed E-state index contributed by atoms with van der Waals surface area (Å²) in [6, 6.07) is 2.02. The Bertz CT molecular complexity index is 1230. The van der Waals surface area contributed by atoms with Gasteiger partial charge in [0.1, 0.15) is 5.75 Å². The predicted molar refractivity (Wildman–Crippen MR) is 286 cm³/mol. The maximum Gasteiger partial charge on any atom is 0.331 e. The fourth-order valence-corrected chi connectivity index (χ4v) is 8.77. The number of unbranched alkanes of at least 4 members (excludes halogenated alkanes) is 36. The number of ether oxygens (including phenoxy) is 5. The topological polar surface area (TPSA) is 63.2 Å². The third-order valence-corrected chi connectivity index (χ3v) is 12.9. The highest BCUT2D eigenvalue weighted by Gasteiger charge is 2.23. The van der Waals surface area contributed by atoms with Crippen LogP contribution in [0.25, 0.3) is 6.08 Å². The molecule has 0 saturated heterocycles. The molecule has 0 unspecified atom stereocenters. The second-order valence-corrected chi connectivity index (χ2v) is 19.9. The minimum atomic E-state index is -0.375. The van der Waals surface area contributed by atoms with Crippen LogP contribution in [0.4, 0.5) is 0 Å². The second-order valence-electron chi connectivity index (χ2n) is 19.9. The van der Waals surface area contributed by atoms with Crippen LogP contribution >= 0.6 is 0 Å². The lowest BCUT2D eigenvalue weighted by Crippen LogP contribution is -2.10. The summed E-state index contributed by atoms with van der Waals surface area (Å²) < 4.78 is 32.5. The van der Waals surface area contributed by atoms with Crippen LogP contribution in [0.3, 0.4) is 0 Å². The zero-order valence-electron chi connectivity index (χ0n) is 44.9. The van der Waals surface area contributed by atoms with Gasteiger partial charge in [-0.1, -0.05) is 259 Å². The molecule has 0 aromatic heterocycles. The van der Waals surface area contributed by atoms with Crippen LogP contribution in [0.5, 0.6) is 23.0 Å². The summed E-state index contributed by atoms with van der Waals surface area (Å²) in [5.41, 5.74) is 0.735. The van der Waals surface area contributed by atoms with E-state index in [4.69, 9.17) is 23.7 Å². The molecule has 1 aromatic rings. The molecule has 66 heavy (non-hydrogen) atoms. The SMILES string of the molecule is CCCCCCCCCCCCOc1cc(OCCCCCCCCCCCC)c(OCCCCCCCCCCCC)c(OCCCCCCCCCCCC)c1C=CC(=O)OC(C)C. The molecular weight excluding hydrogens is 817 g/mol. The molecule has 0 amide bonds. The lowest BCUT2D eigenvalue weighted by atomic mass is 10.1. The van der Waals surface area contributed by atoms with Gasteiger partial charge in [-0.05, 0) is 45.6 Å². The van der Waals surface area contributed by atoms with Gasteiger partial charge in [-0.25, -0.2) is 4.79 Å². The van der Waals surface area contributed by atoms with Crippen LogP contribution in [0.2, 0.25) is 0 Å². The van der Waals surface area contributed by atoms with Gasteiger partial charge in [0.05, 0.1) is 38.1 Å². The number of benzene rings is 1. The van der Waals surface area contributed by atoms with Crippen molar-refractivity contribution in [3.05, 3.63) is 17.7 Å². The Balaban J connectivity index is 3.28. The Kier molecular flexibility index (Phi) is 44.5. The van der Waals surface area contributed by atoms with E-state index in [2.05, 4.69) is 27.7 Å². The van der Waals surface area contributed by atoms with E-state index in [0.717, 1.165) is 56.9 Å². The molecule has 6 nitrogen and oxygen atoms in total. The maximum atomic E-state index is 13.0. The lowest BCUT2D eigenvalue weighted by molar-refractivity contribution is -0.141. The van der Waals surface area contributed by atoms with Crippen LogP contribution in [0.15, 0.2) is 12.1 Å². The summed E-state index contributed by atoms with van der Waals surface area (Å²) in [5.74, 6) is 2.27. The van der Waals surface area contributed by atoms with E-state index in [1.807, 2.05) is 26.0 Å². The van der Waals surface area contributed by atoms with E-state index in [1.165, 1.54) is 212 Å². The molecule has 386 valence electrons. The molecule has 0 aliphatic heterocycles. The molecule has 0 heterocycles. The highest BCUT2D eigenvalue weighted by atomic mass is 16.5. The summed E-state index contributed by atoms with van der Waals surface area (Å²) in [6.07, 6.45) is 54.1. The number of hydrogen-bond acceptors (Lipinski definition) is 6. The third kappa shape index (κ3) is 36.6. The quantitative estimate of drug-likeness (QED) is 0.0368. The van der Waals surface area contributed by atoms with Crippen molar-refractivity contribution in [2.45, 2.75) is 304 Å². The summed E-state index contributed by atoms with van der Waals surface area (Å²) in [4.78, 5) is 13.0. The van der Waals surface area contributed by atoms with Crippen LogP contribution in [-0.4, -0.2) is 38.5 Å². The first-order valence-electron chi connectivity index (χ1n) is 29.1. The first-order valence-corrected chi connectivity index (χ1v) is 29.1. The van der Waals surface area contributed by atoms with Crippen LogP contribution in [0.1, 0.15) is 304 Å². The highest BCUT2D eigenvalue weighted by molar-refractivity contribution is 5.89. The largest absolute Gasteiger partial charge is 0.493 e. The first kappa shape index (κ1) is 61.6. The van der Waals surface area contributed by atoms with Crippen molar-refractivity contribution >= 4 is 12.0 Å². The number of carbonyl (C=O) groups is 1. The molecule has 0 N–H and O–H groups in total. The average Bonchev–Trinajstić information content (AvgIpc) is 3.30. The molecule has 0 saturated carbocycles. The Morgan fingerprint density at radius 3 is 0.970 bits per heavy atom. The maximum absolute atomic E-state index is 13.0. The van der Waals surface area contributed by atoms with Gasteiger partial charge in [-0.2, -0.15) is 0 Å². The molecule has 1 aromatic carbocycles. The van der Waals surface area contributed by atoms with Crippen molar-refractivity contribution in [1.29, 1.82) is 0 Å². The Morgan fingerprint density at radius 2 is 0.652 bits per heavy atom. The van der Waals surface area contributed by atoms with Crippen LogP contribution in [0, 0.1) is 0 Å². The lowest BCUT2D eigenvalue weighted by Gasteiger charge is -2.22. The van der Waals surface area contributed by atoms with Gasteiger partial charge in [-0.15, -0.1) is 0 Å². The van der Waals surface area contributed by atoms with Crippen molar-refractivity contribution in [3.63, 3.8) is 0 Å². The summed E-state index contributed by atoms with van der Waals surface area (Å²) in [6.45, 7) is 15.3. The minimum Gasteiger partial charge on any atom is -0.493 e. The molecule has 0 bridgehead atoms. The summed E-state index contributed by atoms with van der Waals surface area (Å²) >= 11 is 0. The third-order valence-electron chi connectivity index (χ3n) is 12.9. The fraction of sp³-hybridized carbons (Fsp3) is 0.850. The van der Waals surface area contributed by atoms with E-state index < -0.39 is 0 Å². The van der Waals surface area contributed by atoms with Crippen molar-refractivity contribution in [2.24, 2.45) is 0 Å². The van der Waals surface area contributed by atoms with Crippen molar-refractivity contribution < 1.29 is 28.5 Å². The molecule has 0 radical (unpaired) electrons. The normalized spacial score (nSPS) is 11.6. The summed E-state index contributed by atoms with van der Waals surface area (Å²) in [7, 11) is 0. The number of carbonyl (C=O) groups excluding carboxylic acids is 1. The molecule has 1 rings (SSSR count). The number of rotatable bonds is 51. The zero-order chi connectivity index (χ0) is 47.8. The van der Waals surface area contributed by atoms with Crippen LogP contribution < -0.4 is 18.9 Å². The van der Waals surface area contributed by atoms with Gasteiger partial charge in [-0.3, -0.25) is 0 Å². The summed E-state index contributed by atoms with van der Waals surface area (Å²) in [5, 5.41) is 0. The van der Waals surface area contributed by atoms with Gasteiger partial charge in [0, 0.05) is 12.1 Å². The molecule has 0 spiro atoms. The average molecular weight is 928 g/mol. The second kappa shape index (κ2) is 47.7. The van der Waals surface area contributed by atoms with Gasteiger partial charge < -0.3 is 23.7 Å². The van der Waals surface area contributed by atoms with E-state index in [-0.39, 0.29) is 12.1 Å². The van der Waals surface area contributed by atoms with Gasteiger partial charge in [0.2, 0.25) is 5.75 Å². The minimum absolute atomic E-state index is 0.206. The van der Waals surface area contributed by atoms with E-state index in [1.54, 1.807) is 0 Å². The Morgan fingerprint density at radius 1 is 0.379 bits per heavy atom. The van der Waals surface area contributed by atoms with Gasteiger partial charge in [0.25, 0.3) is 0 Å². The molecular formula is C60H110O6. The van der Waals surface area contributed by atoms with E-state index in [9.17, 15) is 4.79 Å². The molecule has 0 aliphatic rings. The predicted octanol–water partition coefficient (Wildman–Crippen LogP) is 19.9. The smallest absolute Gasteiger partial charge is 0.331 e. The molecule has 0 aliphatic carbocycles. The fourth-order valence-electron chi connectivity index (χ4n) is 8.77. The number of esters is 1. The van der Waals surface area contributed by atoms with Crippen LogP contribution in [-0.2, 0) is 9.53 Å². The van der Waals surface area contributed by atoms with Gasteiger partial charge >= 0.3 is 5.97 Å². The Labute approximate surface area is 410 Å². The van der Waals surface area contributed by atoms with Crippen molar-refractivity contribution in [1.82, 2.24) is 0 Å². The monoisotopic (exact) mass is 927 g/mol. The van der Waals surface area contributed by atoms with E-state index >= 15 is 0 Å². The van der Waals surface area contributed by atoms with E-state index in [0.29, 0.717) is 49.4 Å². The standard InChI is InChI=1S/C60H110O6/c1-7-11-15-19-23-27-31-35-39-43-49-62-56-53-57(63-50-44-40-36-32-28-24-20-16-12-8-2)60(65-52-46-42-38-34-30-26-22-18-14-10-4)59(55(56)47-48-58(61)66-54(5)6)64-51-45-41-37-33-29-25-21-17-13-9-3/h47-48,53-54H,7-46,49-52H2,1-6H3. The zero-order valence-corrected chi connectivity index (χ0v) is 44.9. The Hall–Kier alpha value is -2.37. The number of hydrogen-bond donors (Lipinski definition) is 0. The molecule has 0 atom stereocenters. The van der Waals surface area contributed by atoms with Gasteiger partial charge in [0.15, 0.2) is 11.5 Å². The highest BCUT2D eigenvalue weighted by Crippen LogP contribution is 2.47. The molecule has 6 heteroatoms. The van der Waals surface area contributed by atoms with Crippen molar-refractivity contribution in [3.8, 4) is 23.0 Å². The molecule has 0 fully saturated rings.